The largest absolute Gasteiger partial charge is 0.381 e. The van der Waals surface area contributed by atoms with Gasteiger partial charge >= 0.3 is 6.08 Å². The molecule has 13 heterocycles. The van der Waals surface area contributed by atoms with E-state index in [1.807, 2.05) is 116 Å². The Morgan fingerprint density at radius 3 is 1.29 bits per heavy atom. The summed E-state index contributed by atoms with van der Waals surface area (Å²) in [6, 6.07) is 34.0. The Morgan fingerprint density at radius 1 is 0.382 bits per heavy atom. The Kier molecular flexibility index (Phi) is 35.8. The van der Waals surface area contributed by atoms with Crippen LogP contribution in [-0.4, -0.2) is 158 Å². The summed E-state index contributed by atoms with van der Waals surface area (Å²) in [5.74, 6) is 4.96. The lowest BCUT2D eigenvalue weighted by molar-refractivity contribution is 0.358. The Balaban J connectivity index is 0.000000174. The average Bonchev–Trinajstić information content (AvgIpc) is 1.62. The number of hydrogen-bond acceptors (Lipinski definition) is 26. The van der Waals surface area contributed by atoms with Crippen LogP contribution in [0.5, 0.6) is 0 Å². The van der Waals surface area contributed by atoms with Crippen molar-refractivity contribution >= 4 is 141 Å². The van der Waals surface area contributed by atoms with E-state index in [1.165, 1.54) is 18.9 Å². The van der Waals surface area contributed by atoms with Gasteiger partial charge < -0.3 is 62.5 Å². The van der Waals surface area contributed by atoms with Crippen LogP contribution in [0.25, 0.3) is 82.9 Å². The van der Waals surface area contributed by atoms with E-state index in [9.17, 15) is 18.4 Å². The zero-order valence-corrected chi connectivity index (χ0v) is 85.4. The molecule has 0 aliphatic rings. The standard InChI is InChI=1S/C15H17N3.C14H17FN2.C14H19N3.C13H19N3.C12H19N5.C11H16ClN5.2C11H16FN5/c1-10(2)11(3)18-15-12(8-16)9-17-14-7-5-4-6-13(14)15;1-9(2)10(3)17-14-11-6-4-5-7-13(11)16-8-12(14)15;1-10(14(2,3)4)17-13-11-7-5-6-8-12(11)15-9-16-13;1-10(13(2,3)4)15-11-7-8-14-16-9-5-6-12(11)16;1-7(12(3,4)5)15-10-9-11(14-6-13-10)17-8(2)16-9;1-6(11(2,3)4)15-9-7-8(14-5-13-7)16-10(12)17-9;1-6(11(2,3)4)15-8-7-9(14-5-13-8)17-10(12)16-7;1-6(11(2,3)4)15-9-7-8(14-5-13-7)16-10(12)17-9/h4-7,9-11H,1-3H3,(H,17,18);4-10H,1-3H3,(H,16,17);5-10H,1-4H3,(H,15,16,17);5-10,15H,1-4H3;6-7H,1-5H3,(H2,13,14,15,16,17);3*5-6H,1-4H3,(H2,13,14,15,16,17)/t11-;3*10-;7-;3*6-/m00000000/s1. The van der Waals surface area contributed by atoms with Crippen LogP contribution in [0.4, 0.5) is 59.3 Å². The molecule has 16 aromatic rings. The van der Waals surface area contributed by atoms with Crippen molar-refractivity contribution in [2.24, 2.45) is 44.3 Å². The SMILES string of the molecule is CC(C)[C@H](C)Nc1c(C#N)cnc2ccccc12.CC(C)[C@H](C)Nc1c(F)cnc2ccccc12.C[C@H](Nc1ccnn2cccc12)C(C)(C)C.C[C@H](Nc1nc(Cl)nc2nc[nH]c12)C(C)(C)C.C[C@H](Nc1nc(F)nc2nc[nH]c12)C(C)(C)C.C[C@H](Nc1ncnc2ccccc12)C(C)(C)C.C[C@H](Nc1ncnc2nc(F)[nH]c12)C(C)(C)C.Cc1nc2ncnc(N[C@@H](C)C(C)(C)C)c2[nH]1. The number of pyridine rings is 2. The minimum absolute atomic E-state index is 0.0494. The van der Waals surface area contributed by atoms with Gasteiger partial charge in [-0.05, 0) is 161 Å². The number of H-pyrrole nitrogens is 4. The number of aromatic nitrogens is 22. The summed E-state index contributed by atoms with van der Waals surface area (Å²) in [6.45, 7) is 66.5. The highest BCUT2D eigenvalue weighted by molar-refractivity contribution is 6.28. The van der Waals surface area contributed by atoms with Crippen molar-refractivity contribution in [3.05, 3.63) is 182 Å². The van der Waals surface area contributed by atoms with E-state index in [0.29, 0.717) is 98.3 Å². The lowest BCUT2D eigenvalue weighted by atomic mass is 9.88. The second-order valence-corrected chi connectivity index (χ2v) is 41.7. The number of nitrogens with one attached hydrogen (secondary N) is 12. The zero-order valence-electron chi connectivity index (χ0n) is 84.6. The van der Waals surface area contributed by atoms with E-state index < -0.39 is 12.2 Å². The summed E-state index contributed by atoms with van der Waals surface area (Å²) >= 11 is 5.86. The van der Waals surface area contributed by atoms with Gasteiger partial charge in [0.1, 0.15) is 58.8 Å². The highest BCUT2D eigenvalue weighted by atomic mass is 35.5. The summed E-state index contributed by atoms with van der Waals surface area (Å²) in [7, 11) is 0. The number of rotatable bonds is 18. The average molecular weight is 1880 g/mol. The van der Waals surface area contributed by atoms with E-state index in [4.69, 9.17) is 11.6 Å². The lowest BCUT2D eigenvalue weighted by Crippen LogP contribution is -2.31. The molecule has 0 bridgehead atoms. The second-order valence-electron chi connectivity index (χ2n) is 41.3. The number of fused-ring (bicyclic) bond motifs is 8. The molecule has 35 heteroatoms. The van der Waals surface area contributed by atoms with Gasteiger partial charge in [-0.15, -0.1) is 0 Å². The highest BCUT2D eigenvalue weighted by Crippen LogP contribution is 2.35. The topological polar surface area (TPSA) is 407 Å². The van der Waals surface area contributed by atoms with Gasteiger partial charge in [0.25, 0.3) is 6.08 Å². The Morgan fingerprint density at radius 2 is 0.787 bits per heavy atom. The third kappa shape index (κ3) is 29.6. The number of nitrogens with zero attached hydrogens (tertiary/aromatic N) is 19. The van der Waals surface area contributed by atoms with Crippen molar-refractivity contribution in [1.82, 2.24) is 109 Å². The maximum absolute atomic E-state index is 13.8. The van der Waals surface area contributed by atoms with Crippen LogP contribution in [0.2, 0.25) is 5.28 Å². The zero-order chi connectivity index (χ0) is 100. The van der Waals surface area contributed by atoms with E-state index in [-0.39, 0.29) is 67.8 Å². The molecule has 0 saturated heterocycles. The van der Waals surface area contributed by atoms with Crippen LogP contribution in [0.15, 0.2) is 147 Å². The summed E-state index contributed by atoms with van der Waals surface area (Å²) in [4.78, 5) is 76.6. The van der Waals surface area contributed by atoms with Crippen molar-refractivity contribution in [2.45, 2.75) is 263 Å². The Bertz CT molecular complexity index is 6390. The monoisotopic (exact) mass is 1880 g/mol. The third-order valence-electron chi connectivity index (χ3n) is 24.5. The van der Waals surface area contributed by atoms with E-state index >= 15 is 0 Å². The number of halogens is 4. The van der Waals surface area contributed by atoms with Gasteiger partial charge in [0.15, 0.2) is 51.7 Å². The van der Waals surface area contributed by atoms with Gasteiger partial charge in [-0.25, -0.2) is 53.8 Å². The number of hydrogen-bond donors (Lipinski definition) is 12. The summed E-state index contributed by atoms with van der Waals surface area (Å²) < 4.78 is 41.9. The molecule has 136 heavy (non-hydrogen) atoms. The molecular weight excluding hydrogens is 1740 g/mol. The number of imidazole rings is 4. The highest BCUT2D eigenvalue weighted by Gasteiger charge is 2.29. The minimum Gasteiger partial charge on any atom is -0.381 e. The number of benzene rings is 3. The van der Waals surface area contributed by atoms with Gasteiger partial charge in [-0.1, -0.05) is 201 Å². The molecule has 31 nitrogen and oxygen atoms in total. The molecule has 12 N–H and O–H groups in total. The molecule has 0 unspecified atom stereocenters. The number of anilines is 8. The molecule has 0 radical (unpaired) electrons. The molecule has 3 aromatic carbocycles. The second kappa shape index (κ2) is 45.8. The van der Waals surface area contributed by atoms with Crippen LogP contribution in [-0.2, 0) is 0 Å². The van der Waals surface area contributed by atoms with Crippen molar-refractivity contribution in [3.63, 3.8) is 0 Å². The maximum atomic E-state index is 13.8. The first-order chi connectivity index (χ1) is 63.7. The smallest absolute Gasteiger partial charge is 0.312 e. The Labute approximate surface area is 801 Å². The fourth-order valence-electron chi connectivity index (χ4n) is 12.0. The third-order valence-corrected chi connectivity index (χ3v) is 24.6. The predicted octanol–water partition coefficient (Wildman–Crippen LogP) is 24.1. The van der Waals surface area contributed by atoms with Crippen molar-refractivity contribution < 1.29 is 13.2 Å². The molecule has 0 aliphatic heterocycles. The van der Waals surface area contributed by atoms with Gasteiger partial charge in [0.05, 0.1) is 63.5 Å². The predicted molar refractivity (Wildman–Crippen MR) is 550 cm³/mol. The normalized spacial score (nSPS) is 13.6. The van der Waals surface area contributed by atoms with Crippen LogP contribution in [0.3, 0.4) is 0 Å². The number of para-hydroxylation sites is 3. The molecule has 0 saturated carbocycles. The molecular formula is C101H139ClF3N31. The first-order valence-corrected chi connectivity index (χ1v) is 46.4. The van der Waals surface area contributed by atoms with Crippen molar-refractivity contribution in [3.8, 4) is 6.07 Å². The molecule has 0 amide bonds. The van der Waals surface area contributed by atoms with Gasteiger partial charge in [0, 0.05) is 83.1 Å². The summed E-state index contributed by atoms with van der Waals surface area (Å²) in [5.41, 5.74) is 12.6. The maximum Gasteiger partial charge on any atom is 0.312 e. The van der Waals surface area contributed by atoms with Crippen LogP contribution >= 0.6 is 11.6 Å². The van der Waals surface area contributed by atoms with Gasteiger partial charge in [0.2, 0.25) is 5.28 Å². The van der Waals surface area contributed by atoms with Crippen molar-refractivity contribution in [2.75, 3.05) is 42.5 Å². The number of aryl methyl sites for hydroxylation is 1. The Hall–Kier alpha value is -13.3. The fourth-order valence-corrected chi connectivity index (χ4v) is 12.1. The summed E-state index contributed by atoms with van der Waals surface area (Å²) in [5, 5.41) is 43.5. The molecule has 0 fully saturated rings. The first kappa shape index (κ1) is 106. The molecule has 726 valence electrons. The van der Waals surface area contributed by atoms with Gasteiger partial charge in [-0.2, -0.15) is 44.1 Å². The van der Waals surface area contributed by atoms with Gasteiger partial charge in [-0.3, -0.25) is 9.97 Å². The molecule has 0 aliphatic carbocycles. The molecule has 8 atom stereocenters. The van der Waals surface area contributed by atoms with Crippen LogP contribution < -0.4 is 42.5 Å². The lowest BCUT2D eigenvalue weighted by Gasteiger charge is -2.29. The van der Waals surface area contributed by atoms with E-state index in [0.717, 1.165) is 78.1 Å². The number of aromatic amines is 4. The minimum atomic E-state index is -0.770. The van der Waals surface area contributed by atoms with Crippen LogP contribution in [0, 0.1) is 80.6 Å². The fraction of sp³-hybridized carbons (Fsp3) is 0.465. The number of nitriles is 1. The first-order valence-electron chi connectivity index (χ1n) is 46.0. The van der Waals surface area contributed by atoms with Crippen molar-refractivity contribution in [1.29, 1.82) is 5.26 Å². The van der Waals surface area contributed by atoms with E-state index in [1.54, 1.807) is 25.2 Å². The molecule has 0 spiro atoms. The molecule has 13 aromatic heterocycles. The molecule has 16 rings (SSSR count). The van der Waals surface area contributed by atoms with E-state index in [2.05, 4.69) is 360 Å². The quantitative estimate of drug-likeness (QED) is 0.0280. The van der Waals surface area contributed by atoms with Crippen LogP contribution in [0.1, 0.15) is 219 Å². The summed E-state index contributed by atoms with van der Waals surface area (Å²) in [6.07, 6.45) is 12.9.